The van der Waals surface area contributed by atoms with Gasteiger partial charge in [0.25, 0.3) is 0 Å². The van der Waals surface area contributed by atoms with Crippen molar-refractivity contribution in [2.45, 2.75) is 47.0 Å². The molecular weight excluding hydrogens is 242 g/mol. The normalized spacial score (nSPS) is 20.9. The number of amidine groups is 1. The van der Waals surface area contributed by atoms with Gasteiger partial charge in [0.1, 0.15) is 5.92 Å². The zero-order valence-electron chi connectivity index (χ0n) is 12.5. The molecule has 0 spiro atoms. The largest absolute Gasteiger partial charge is 0.409 e. The molecule has 1 atom stereocenters. The number of hydrogen-bond acceptors (Lipinski definition) is 3. The van der Waals surface area contributed by atoms with Gasteiger partial charge in [-0.05, 0) is 30.6 Å². The van der Waals surface area contributed by atoms with Gasteiger partial charge in [0.15, 0.2) is 5.84 Å². The summed E-state index contributed by atoms with van der Waals surface area (Å²) in [5.74, 6) is -0.476. The van der Waals surface area contributed by atoms with E-state index in [1.807, 2.05) is 18.7 Å². The van der Waals surface area contributed by atoms with Crippen molar-refractivity contribution in [1.29, 1.82) is 0 Å². The van der Waals surface area contributed by atoms with E-state index in [9.17, 15) is 4.79 Å². The Morgan fingerprint density at radius 2 is 2.00 bits per heavy atom. The van der Waals surface area contributed by atoms with E-state index in [4.69, 9.17) is 10.9 Å². The Labute approximate surface area is 115 Å². The maximum Gasteiger partial charge on any atom is 0.233 e. The van der Waals surface area contributed by atoms with Crippen LogP contribution in [-0.2, 0) is 4.79 Å². The van der Waals surface area contributed by atoms with E-state index in [1.165, 1.54) is 0 Å². The monoisotopic (exact) mass is 269 g/mol. The van der Waals surface area contributed by atoms with Crippen LogP contribution in [0.1, 0.15) is 47.0 Å². The van der Waals surface area contributed by atoms with Gasteiger partial charge in [-0.1, -0.05) is 32.9 Å². The molecule has 0 bridgehead atoms. The third-order valence-corrected chi connectivity index (χ3v) is 4.62. The van der Waals surface area contributed by atoms with E-state index in [0.717, 1.165) is 32.4 Å². The summed E-state index contributed by atoms with van der Waals surface area (Å²) in [7, 11) is 0. The molecule has 1 rings (SSSR count). The van der Waals surface area contributed by atoms with Crippen LogP contribution in [0.25, 0.3) is 0 Å². The lowest BCUT2D eigenvalue weighted by Gasteiger charge is -2.29. The molecule has 0 aliphatic carbocycles. The van der Waals surface area contributed by atoms with E-state index in [1.54, 1.807) is 0 Å². The van der Waals surface area contributed by atoms with E-state index in [-0.39, 0.29) is 23.1 Å². The first-order valence-electron chi connectivity index (χ1n) is 7.17. The number of hydrogen-bond donors (Lipinski definition) is 2. The minimum atomic E-state index is -0.519. The number of rotatable bonds is 5. The van der Waals surface area contributed by atoms with Gasteiger partial charge in [0.05, 0.1) is 0 Å². The summed E-state index contributed by atoms with van der Waals surface area (Å²) >= 11 is 0. The molecule has 1 unspecified atom stereocenters. The van der Waals surface area contributed by atoms with Crippen LogP contribution >= 0.6 is 0 Å². The molecule has 0 radical (unpaired) electrons. The van der Waals surface area contributed by atoms with Gasteiger partial charge in [0.2, 0.25) is 5.91 Å². The van der Waals surface area contributed by atoms with Crippen molar-refractivity contribution < 1.29 is 10.0 Å². The number of carbonyl (C=O) groups excluding carboxylic acids is 1. The third-order valence-electron chi connectivity index (χ3n) is 4.62. The maximum atomic E-state index is 12.6. The SMILES string of the molecule is CCC1(CC)CCN(C(=O)C(C(N)=NO)C(C)C)C1. The van der Waals surface area contributed by atoms with Crippen molar-refractivity contribution in [2.24, 2.45) is 28.1 Å². The standard InChI is InChI=1S/C14H27N3O2/c1-5-14(6-2)7-8-17(9-14)13(18)11(10(3)4)12(15)16-19/h10-11,19H,5-9H2,1-4H3,(H2,15,16). The van der Waals surface area contributed by atoms with Gasteiger partial charge in [-0.3, -0.25) is 4.79 Å². The van der Waals surface area contributed by atoms with Crippen molar-refractivity contribution >= 4 is 11.7 Å². The molecule has 1 heterocycles. The molecular formula is C14H27N3O2. The van der Waals surface area contributed by atoms with Gasteiger partial charge in [-0.25, -0.2) is 0 Å². The van der Waals surface area contributed by atoms with Gasteiger partial charge < -0.3 is 15.8 Å². The van der Waals surface area contributed by atoms with E-state index < -0.39 is 5.92 Å². The highest BCUT2D eigenvalue weighted by molar-refractivity contribution is 6.02. The molecule has 0 aromatic heterocycles. The maximum absolute atomic E-state index is 12.6. The number of nitrogens with two attached hydrogens (primary N) is 1. The van der Waals surface area contributed by atoms with Crippen LogP contribution in [0.3, 0.4) is 0 Å². The van der Waals surface area contributed by atoms with Crippen LogP contribution in [0.2, 0.25) is 0 Å². The summed E-state index contributed by atoms with van der Waals surface area (Å²) < 4.78 is 0. The van der Waals surface area contributed by atoms with Crippen molar-refractivity contribution in [3.63, 3.8) is 0 Å². The fourth-order valence-corrected chi connectivity index (χ4v) is 2.96. The highest BCUT2D eigenvalue weighted by Gasteiger charge is 2.40. The number of amides is 1. The minimum absolute atomic E-state index is 0.00549. The van der Waals surface area contributed by atoms with Crippen LogP contribution in [0, 0.1) is 17.3 Å². The predicted octanol–water partition coefficient (Wildman–Crippen LogP) is 2.04. The summed E-state index contributed by atoms with van der Waals surface area (Å²) in [6.45, 7) is 9.78. The number of carbonyl (C=O) groups is 1. The fourth-order valence-electron chi connectivity index (χ4n) is 2.96. The Kier molecular flexibility index (Phi) is 5.20. The third kappa shape index (κ3) is 3.19. The molecule has 1 aliphatic rings. The molecule has 3 N–H and O–H groups in total. The van der Waals surface area contributed by atoms with Crippen molar-refractivity contribution in [2.75, 3.05) is 13.1 Å². The van der Waals surface area contributed by atoms with Gasteiger partial charge in [0, 0.05) is 13.1 Å². The number of likely N-dealkylation sites (tertiary alicyclic amines) is 1. The van der Waals surface area contributed by atoms with Crippen molar-refractivity contribution in [3.8, 4) is 0 Å². The van der Waals surface area contributed by atoms with Crippen LogP contribution in [0.5, 0.6) is 0 Å². The molecule has 1 saturated heterocycles. The first kappa shape index (κ1) is 15.8. The van der Waals surface area contributed by atoms with E-state index >= 15 is 0 Å². The highest BCUT2D eigenvalue weighted by atomic mass is 16.4. The highest BCUT2D eigenvalue weighted by Crippen LogP contribution is 2.37. The van der Waals surface area contributed by atoms with Crippen molar-refractivity contribution in [3.05, 3.63) is 0 Å². The summed E-state index contributed by atoms with van der Waals surface area (Å²) in [6.07, 6.45) is 3.22. The Bertz CT molecular complexity index is 349. The smallest absolute Gasteiger partial charge is 0.233 e. The summed E-state index contributed by atoms with van der Waals surface area (Å²) in [5.41, 5.74) is 5.92. The second kappa shape index (κ2) is 6.26. The second-order valence-corrected chi connectivity index (χ2v) is 5.96. The quantitative estimate of drug-likeness (QED) is 0.347. The molecule has 1 amide bonds. The van der Waals surface area contributed by atoms with Gasteiger partial charge >= 0.3 is 0 Å². The molecule has 0 aromatic rings. The molecule has 1 fully saturated rings. The fraction of sp³-hybridized carbons (Fsp3) is 0.857. The first-order chi connectivity index (χ1) is 8.90. The average Bonchev–Trinajstić information content (AvgIpc) is 2.83. The van der Waals surface area contributed by atoms with E-state index in [0.29, 0.717) is 0 Å². The molecule has 5 heteroatoms. The van der Waals surface area contributed by atoms with E-state index in [2.05, 4.69) is 19.0 Å². The number of oxime groups is 1. The first-order valence-corrected chi connectivity index (χ1v) is 7.17. The minimum Gasteiger partial charge on any atom is -0.409 e. The van der Waals surface area contributed by atoms with Gasteiger partial charge in [-0.2, -0.15) is 0 Å². The average molecular weight is 269 g/mol. The van der Waals surface area contributed by atoms with Crippen LogP contribution in [0.4, 0.5) is 0 Å². The lowest BCUT2D eigenvalue weighted by atomic mass is 9.82. The zero-order valence-corrected chi connectivity index (χ0v) is 12.5. The Morgan fingerprint density at radius 1 is 1.42 bits per heavy atom. The molecule has 1 aliphatic heterocycles. The number of nitrogens with zero attached hydrogens (tertiary/aromatic N) is 2. The van der Waals surface area contributed by atoms with Crippen LogP contribution in [0.15, 0.2) is 5.16 Å². The zero-order chi connectivity index (χ0) is 14.6. The molecule has 19 heavy (non-hydrogen) atoms. The molecule has 0 aromatic carbocycles. The summed E-state index contributed by atoms with van der Waals surface area (Å²) in [5, 5.41) is 11.9. The molecule has 5 nitrogen and oxygen atoms in total. The Hall–Kier alpha value is -1.26. The molecule has 0 saturated carbocycles. The summed E-state index contributed by atoms with van der Waals surface area (Å²) in [4.78, 5) is 14.4. The summed E-state index contributed by atoms with van der Waals surface area (Å²) in [6, 6.07) is 0. The Morgan fingerprint density at radius 3 is 2.37 bits per heavy atom. The van der Waals surface area contributed by atoms with Crippen molar-refractivity contribution in [1.82, 2.24) is 4.90 Å². The topological polar surface area (TPSA) is 78.9 Å². The van der Waals surface area contributed by atoms with Crippen LogP contribution in [-0.4, -0.2) is 34.9 Å². The lowest BCUT2D eigenvalue weighted by Crippen LogP contribution is -2.44. The Balaban J connectivity index is 2.83. The van der Waals surface area contributed by atoms with Gasteiger partial charge in [-0.15, -0.1) is 0 Å². The predicted molar refractivity (Wildman–Crippen MR) is 75.9 cm³/mol. The lowest BCUT2D eigenvalue weighted by molar-refractivity contribution is -0.133. The van der Waals surface area contributed by atoms with Crippen LogP contribution < -0.4 is 5.73 Å². The molecule has 110 valence electrons. The second-order valence-electron chi connectivity index (χ2n) is 5.96.